The van der Waals surface area contributed by atoms with Gasteiger partial charge in [-0.2, -0.15) is 13.2 Å². The molecular formula is C10H17F3N2O2. The van der Waals surface area contributed by atoms with Gasteiger partial charge in [-0.05, 0) is 33.0 Å². The Hall–Kier alpha value is -0.980. The van der Waals surface area contributed by atoms with Crippen LogP contribution < -0.4 is 0 Å². The minimum Gasteiger partial charge on any atom is -0.440 e. The van der Waals surface area contributed by atoms with Crippen LogP contribution in [0.4, 0.5) is 18.0 Å². The summed E-state index contributed by atoms with van der Waals surface area (Å²) in [5, 5.41) is 0. The summed E-state index contributed by atoms with van der Waals surface area (Å²) in [6.07, 6.45) is -3.86. The van der Waals surface area contributed by atoms with E-state index in [1.54, 1.807) is 0 Å². The number of nitrogens with zero attached hydrogens (tertiary/aromatic N) is 2. The van der Waals surface area contributed by atoms with Crippen LogP contribution in [0.3, 0.4) is 0 Å². The van der Waals surface area contributed by atoms with Gasteiger partial charge in [0.15, 0.2) is 6.61 Å². The second-order valence-electron chi connectivity index (χ2n) is 4.32. The molecule has 1 saturated heterocycles. The summed E-state index contributed by atoms with van der Waals surface area (Å²) in [6, 6.07) is -0.0352. The number of ether oxygens (including phenoxy) is 1. The first kappa shape index (κ1) is 14.1. The first-order valence-corrected chi connectivity index (χ1v) is 5.44. The van der Waals surface area contributed by atoms with Crippen LogP contribution in [0.2, 0.25) is 0 Å². The molecule has 0 N–H and O–H groups in total. The molecule has 17 heavy (non-hydrogen) atoms. The van der Waals surface area contributed by atoms with E-state index in [1.807, 2.05) is 7.05 Å². The Morgan fingerprint density at radius 3 is 2.41 bits per heavy atom. The monoisotopic (exact) mass is 254 g/mol. The minimum atomic E-state index is -4.47. The van der Waals surface area contributed by atoms with E-state index in [1.165, 1.54) is 11.9 Å². The molecule has 0 aromatic heterocycles. The molecule has 0 atom stereocenters. The van der Waals surface area contributed by atoms with Crippen LogP contribution >= 0.6 is 0 Å². The molecule has 1 rings (SSSR count). The van der Waals surface area contributed by atoms with E-state index >= 15 is 0 Å². The van der Waals surface area contributed by atoms with E-state index < -0.39 is 18.9 Å². The van der Waals surface area contributed by atoms with Gasteiger partial charge in [-0.3, -0.25) is 0 Å². The molecule has 1 aliphatic heterocycles. The quantitative estimate of drug-likeness (QED) is 0.752. The molecule has 0 aromatic carbocycles. The van der Waals surface area contributed by atoms with Gasteiger partial charge in [-0.1, -0.05) is 0 Å². The van der Waals surface area contributed by atoms with Crippen molar-refractivity contribution in [2.24, 2.45) is 0 Å². The van der Waals surface area contributed by atoms with E-state index in [2.05, 4.69) is 9.64 Å². The van der Waals surface area contributed by atoms with Gasteiger partial charge in [0.1, 0.15) is 0 Å². The topological polar surface area (TPSA) is 32.8 Å². The van der Waals surface area contributed by atoms with Gasteiger partial charge in [0, 0.05) is 13.1 Å². The number of hydrogen-bond donors (Lipinski definition) is 0. The van der Waals surface area contributed by atoms with Crippen LogP contribution in [0.15, 0.2) is 0 Å². The zero-order valence-corrected chi connectivity index (χ0v) is 9.96. The van der Waals surface area contributed by atoms with Gasteiger partial charge in [-0.15, -0.1) is 0 Å². The van der Waals surface area contributed by atoms with Gasteiger partial charge in [0.25, 0.3) is 0 Å². The average Bonchev–Trinajstić information content (AvgIpc) is 2.25. The first-order valence-electron chi connectivity index (χ1n) is 5.44. The maximum absolute atomic E-state index is 11.9. The summed E-state index contributed by atoms with van der Waals surface area (Å²) in [7, 11) is 3.45. The van der Waals surface area contributed by atoms with Crippen LogP contribution in [0.25, 0.3) is 0 Å². The molecular weight excluding hydrogens is 237 g/mol. The molecule has 0 aliphatic carbocycles. The molecule has 1 heterocycles. The van der Waals surface area contributed by atoms with Crippen molar-refractivity contribution >= 4 is 6.09 Å². The van der Waals surface area contributed by atoms with Crippen molar-refractivity contribution < 1.29 is 22.7 Å². The third-order valence-corrected chi connectivity index (χ3v) is 2.88. The lowest BCUT2D eigenvalue weighted by molar-refractivity contribution is -0.162. The van der Waals surface area contributed by atoms with Crippen LogP contribution in [0.5, 0.6) is 0 Å². The molecule has 0 saturated carbocycles. The third kappa shape index (κ3) is 4.80. The zero-order valence-electron chi connectivity index (χ0n) is 9.96. The van der Waals surface area contributed by atoms with E-state index in [0.29, 0.717) is 0 Å². The SMILES string of the molecule is CN1CCC(N(C)C(=O)OCC(F)(F)F)CC1. The van der Waals surface area contributed by atoms with Crippen molar-refractivity contribution in [2.75, 3.05) is 33.8 Å². The molecule has 0 radical (unpaired) electrons. The highest BCUT2D eigenvalue weighted by Crippen LogP contribution is 2.18. The number of rotatable bonds is 2. The summed E-state index contributed by atoms with van der Waals surface area (Å²) in [5.74, 6) is 0. The van der Waals surface area contributed by atoms with Crippen LogP contribution in [0, 0.1) is 0 Å². The smallest absolute Gasteiger partial charge is 0.422 e. The molecule has 100 valence electrons. The highest BCUT2D eigenvalue weighted by Gasteiger charge is 2.32. The Balaban J connectivity index is 2.36. The van der Waals surface area contributed by atoms with Crippen molar-refractivity contribution in [2.45, 2.75) is 25.1 Å². The number of amides is 1. The van der Waals surface area contributed by atoms with Crippen molar-refractivity contribution in [3.8, 4) is 0 Å². The lowest BCUT2D eigenvalue weighted by Crippen LogP contribution is -2.45. The zero-order chi connectivity index (χ0) is 13.1. The summed E-state index contributed by atoms with van der Waals surface area (Å²) < 4.78 is 39.8. The van der Waals surface area contributed by atoms with Gasteiger partial charge < -0.3 is 14.5 Å². The van der Waals surface area contributed by atoms with Crippen LogP contribution in [-0.4, -0.2) is 61.9 Å². The summed E-state index contributed by atoms with van der Waals surface area (Å²) in [6.45, 7) is 0.145. The number of likely N-dealkylation sites (tertiary alicyclic amines) is 1. The number of carbonyl (C=O) groups is 1. The van der Waals surface area contributed by atoms with E-state index in [-0.39, 0.29) is 6.04 Å². The molecule has 4 nitrogen and oxygen atoms in total. The summed E-state index contributed by atoms with van der Waals surface area (Å²) in [4.78, 5) is 14.7. The number of piperidine rings is 1. The fraction of sp³-hybridized carbons (Fsp3) is 0.900. The Bertz CT molecular complexity index is 263. The molecule has 0 bridgehead atoms. The Kier molecular flexibility index (Phi) is 4.62. The largest absolute Gasteiger partial charge is 0.440 e. The molecule has 0 aromatic rings. The fourth-order valence-electron chi connectivity index (χ4n) is 1.78. The third-order valence-electron chi connectivity index (χ3n) is 2.88. The number of carbonyl (C=O) groups excluding carboxylic acids is 1. The van der Waals surface area contributed by atoms with Crippen molar-refractivity contribution in [3.63, 3.8) is 0 Å². The van der Waals surface area contributed by atoms with E-state index in [4.69, 9.17) is 0 Å². The maximum Gasteiger partial charge on any atom is 0.422 e. The van der Waals surface area contributed by atoms with E-state index in [0.717, 1.165) is 25.9 Å². The van der Waals surface area contributed by atoms with Gasteiger partial charge >= 0.3 is 12.3 Å². The highest BCUT2D eigenvalue weighted by atomic mass is 19.4. The maximum atomic E-state index is 11.9. The molecule has 7 heteroatoms. The normalized spacial score (nSPS) is 19.1. The van der Waals surface area contributed by atoms with Gasteiger partial charge in [0.2, 0.25) is 0 Å². The number of alkyl halides is 3. The minimum absolute atomic E-state index is 0.0352. The standard InChI is InChI=1S/C10H17F3N2O2/c1-14-5-3-8(4-6-14)15(2)9(16)17-7-10(11,12)13/h8H,3-7H2,1-2H3. The van der Waals surface area contributed by atoms with Crippen LogP contribution in [0.1, 0.15) is 12.8 Å². The number of halogens is 3. The predicted octanol–water partition coefficient (Wildman–Crippen LogP) is 1.71. The molecule has 1 fully saturated rings. The predicted molar refractivity (Wildman–Crippen MR) is 55.7 cm³/mol. The van der Waals surface area contributed by atoms with Gasteiger partial charge in [-0.25, -0.2) is 4.79 Å². The molecule has 1 amide bonds. The van der Waals surface area contributed by atoms with Crippen molar-refractivity contribution in [3.05, 3.63) is 0 Å². The first-order chi connectivity index (χ1) is 7.79. The Morgan fingerprint density at radius 2 is 1.94 bits per heavy atom. The second kappa shape index (κ2) is 5.57. The summed E-state index contributed by atoms with van der Waals surface area (Å²) >= 11 is 0. The highest BCUT2D eigenvalue weighted by molar-refractivity contribution is 5.67. The van der Waals surface area contributed by atoms with Crippen molar-refractivity contribution in [1.82, 2.24) is 9.80 Å². The summed E-state index contributed by atoms with van der Waals surface area (Å²) in [5.41, 5.74) is 0. The number of hydrogen-bond acceptors (Lipinski definition) is 3. The Labute approximate surface area is 98.3 Å². The van der Waals surface area contributed by atoms with Gasteiger partial charge in [0.05, 0.1) is 0 Å². The van der Waals surface area contributed by atoms with Crippen LogP contribution in [-0.2, 0) is 4.74 Å². The van der Waals surface area contributed by atoms with Crippen molar-refractivity contribution in [1.29, 1.82) is 0 Å². The second-order valence-corrected chi connectivity index (χ2v) is 4.32. The Morgan fingerprint density at radius 1 is 1.41 bits per heavy atom. The molecule has 0 spiro atoms. The van der Waals surface area contributed by atoms with E-state index in [9.17, 15) is 18.0 Å². The molecule has 1 aliphatic rings. The average molecular weight is 254 g/mol. The fourth-order valence-corrected chi connectivity index (χ4v) is 1.78. The lowest BCUT2D eigenvalue weighted by Gasteiger charge is -2.34. The molecule has 0 unspecified atom stereocenters. The lowest BCUT2D eigenvalue weighted by atomic mass is 10.0.